The van der Waals surface area contributed by atoms with E-state index >= 15 is 0 Å². The molecule has 1 unspecified atom stereocenters. The summed E-state index contributed by atoms with van der Waals surface area (Å²) in [5.41, 5.74) is 1.07. The lowest BCUT2D eigenvalue weighted by Crippen LogP contribution is -2.39. The average molecular weight is 468 g/mol. The number of alkyl carbamates (subject to hydrolysis) is 1. The third-order valence-electron chi connectivity index (χ3n) is 4.11. The number of carbonyl (C=O) groups is 2. The number of halogens is 1. The summed E-state index contributed by atoms with van der Waals surface area (Å²) in [5.74, 6) is 6.12. The first-order valence-corrected chi connectivity index (χ1v) is 10.5. The zero-order valence-electron chi connectivity index (χ0n) is 14.9. The Balaban J connectivity index is 1.78. The Morgan fingerprint density at radius 3 is 2.81 bits per heavy atom. The first kappa shape index (κ1) is 20.6. The number of nitrogens with zero attached hydrogens (tertiary/aromatic N) is 1. The van der Waals surface area contributed by atoms with Gasteiger partial charge >= 0.3 is 6.09 Å². The van der Waals surface area contributed by atoms with Crippen molar-refractivity contribution in [3.8, 4) is 11.8 Å². The second-order valence-corrected chi connectivity index (χ2v) is 6.94. The second-order valence-electron chi connectivity index (χ2n) is 6.18. The van der Waals surface area contributed by atoms with Gasteiger partial charge in [-0.1, -0.05) is 71.2 Å². The lowest BCUT2D eigenvalue weighted by Gasteiger charge is -2.22. The molecular weight excluding hydrogens is 443 g/mol. The standard InChI is InChI=1S/C20H25IN2O3/c21-15-19(24)23(16-17-9-5-4-6-10-17)14-13-22-20(25)26-18-11-7-2-1-3-8-12-18/h4-6,9-10,18H,1-3,7,11,13-16H2,(H,22,25). The summed E-state index contributed by atoms with van der Waals surface area (Å²) in [7, 11) is 0. The van der Waals surface area contributed by atoms with Crippen LogP contribution in [0.3, 0.4) is 0 Å². The molecular formula is C20H25IN2O3. The van der Waals surface area contributed by atoms with Crippen LogP contribution in [0.4, 0.5) is 4.79 Å². The highest BCUT2D eigenvalue weighted by molar-refractivity contribution is 14.1. The molecule has 1 atom stereocenters. The number of alkyl halides is 1. The van der Waals surface area contributed by atoms with Gasteiger partial charge in [-0.05, 0) is 24.8 Å². The van der Waals surface area contributed by atoms with E-state index in [0.29, 0.717) is 24.1 Å². The minimum absolute atomic E-state index is 0.0514. The van der Waals surface area contributed by atoms with Gasteiger partial charge in [0.25, 0.3) is 0 Å². The fourth-order valence-electron chi connectivity index (χ4n) is 2.71. The number of carbonyl (C=O) groups excluding carboxylic acids is 2. The molecule has 2 amide bonds. The molecule has 1 aliphatic carbocycles. The molecule has 6 heteroatoms. The van der Waals surface area contributed by atoms with Gasteiger partial charge in [-0.2, -0.15) is 0 Å². The number of nitrogens with one attached hydrogen (secondary N) is 1. The summed E-state index contributed by atoms with van der Waals surface area (Å²) in [6.45, 7) is 1.34. The molecule has 0 saturated carbocycles. The third kappa shape index (κ3) is 7.65. The van der Waals surface area contributed by atoms with Crippen molar-refractivity contribution in [1.29, 1.82) is 0 Å². The monoisotopic (exact) mass is 468 g/mol. The van der Waals surface area contributed by atoms with Crippen LogP contribution in [-0.2, 0) is 16.1 Å². The predicted octanol–water partition coefficient (Wildman–Crippen LogP) is 3.51. The van der Waals surface area contributed by atoms with Crippen molar-refractivity contribution in [3.05, 3.63) is 35.9 Å². The van der Waals surface area contributed by atoms with Gasteiger partial charge in [-0.3, -0.25) is 4.79 Å². The molecule has 0 fully saturated rings. The highest BCUT2D eigenvalue weighted by atomic mass is 127. The van der Waals surface area contributed by atoms with Crippen molar-refractivity contribution >= 4 is 34.6 Å². The van der Waals surface area contributed by atoms with E-state index in [1.165, 1.54) is 0 Å². The van der Waals surface area contributed by atoms with Crippen LogP contribution in [-0.4, -0.2) is 40.5 Å². The molecule has 5 nitrogen and oxygen atoms in total. The molecule has 1 aliphatic rings. The van der Waals surface area contributed by atoms with Gasteiger partial charge < -0.3 is 15.0 Å². The van der Waals surface area contributed by atoms with E-state index in [0.717, 1.165) is 37.7 Å². The van der Waals surface area contributed by atoms with Crippen molar-refractivity contribution in [1.82, 2.24) is 10.2 Å². The van der Waals surface area contributed by atoms with Crippen LogP contribution in [0, 0.1) is 11.8 Å². The number of amides is 2. The molecule has 26 heavy (non-hydrogen) atoms. The largest absolute Gasteiger partial charge is 0.433 e. The number of benzene rings is 1. The summed E-state index contributed by atoms with van der Waals surface area (Å²) in [6, 6.07) is 9.83. The van der Waals surface area contributed by atoms with E-state index in [1.54, 1.807) is 4.90 Å². The summed E-state index contributed by atoms with van der Waals surface area (Å²) < 4.78 is 5.79. The molecule has 0 aliphatic heterocycles. The van der Waals surface area contributed by atoms with Crippen LogP contribution in [0.2, 0.25) is 0 Å². The summed E-state index contributed by atoms with van der Waals surface area (Å²) in [6.07, 6.45) is 4.14. The molecule has 0 aromatic heterocycles. The lowest BCUT2D eigenvalue weighted by atomic mass is 10.1. The van der Waals surface area contributed by atoms with Crippen LogP contribution in [0.15, 0.2) is 30.3 Å². The van der Waals surface area contributed by atoms with Crippen LogP contribution in [0.5, 0.6) is 0 Å². The molecule has 0 heterocycles. The third-order valence-corrected chi connectivity index (χ3v) is 4.77. The topological polar surface area (TPSA) is 58.6 Å². The fourth-order valence-corrected chi connectivity index (χ4v) is 3.19. The first-order chi connectivity index (χ1) is 12.7. The molecule has 1 aromatic carbocycles. The molecule has 0 spiro atoms. The number of hydrogen-bond acceptors (Lipinski definition) is 3. The van der Waals surface area contributed by atoms with Gasteiger partial charge in [0.15, 0.2) is 6.10 Å². The molecule has 1 aromatic rings. The summed E-state index contributed by atoms with van der Waals surface area (Å²) in [5, 5.41) is 2.74. The van der Waals surface area contributed by atoms with E-state index in [2.05, 4.69) is 39.7 Å². The molecule has 1 N–H and O–H groups in total. The van der Waals surface area contributed by atoms with E-state index in [1.807, 2.05) is 30.3 Å². The summed E-state index contributed by atoms with van der Waals surface area (Å²) >= 11 is 2.06. The average Bonchev–Trinajstić information content (AvgIpc) is 2.63. The quantitative estimate of drug-likeness (QED) is 0.379. The zero-order chi connectivity index (χ0) is 18.6. The summed E-state index contributed by atoms with van der Waals surface area (Å²) in [4.78, 5) is 25.9. The van der Waals surface area contributed by atoms with Gasteiger partial charge in [-0.25, -0.2) is 4.79 Å². The number of ether oxygens (including phenoxy) is 1. The Labute approximate surface area is 169 Å². The smallest absolute Gasteiger partial charge is 0.408 e. The minimum Gasteiger partial charge on any atom is -0.433 e. The van der Waals surface area contributed by atoms with E-state index in [4.69, 9.17) is 4.74 Å². The fraction of sp³-hybridized carbons (Fsp3) is 0.500. The van der Waals surface area contributed by atoms with Crippen molar-refractivity contribution in [2.24, 2.45) is 0 Å². The Kier molecular flexibility index (Phi) is 9.32. The Morgan fingerprint density at radius 2 is 2.04 bits per heavy atom. The predicted molar refractivity (Wildman–Crippen MR) is 110 cm³/mol. The van der Waals surface area contributed by atoms with Gasteiger partial charge in [0.2, 0.25) is 5.91 Å². The Bertz CT molecular complexity index is 639. The van der Waals surface area contributed by atoms with E-state index in [-0.39, 0.29) is 12.0 Å². The first-order valence-electron chi connectivity index (χ1n) is 8.99. The van der Waals surface area contributed by atoms with Crippen molar-refractivity contribution in [2.75, 3.05) is 17.5 Å². The molecule has 0 bridgehead atoms. The molecule has 0 saturated heterocycles. The maximum absolute atomic E-state index is 12.1. The highest BCUT2D eigenvalue weighted by Crippen LogP contribution is 2.11. The molecule has 0 radical (unpaired) electrons. The van der Waals surface area contributed by atoms with Crippen LogP contribution in [0.1, 0.15) is 37.7 Å². The maximum atomic E-state index is 12.1. The van der Waals surface area contributed by atoms with Gasteiger partial charge in [0.1, 0.15) is 0 Å². The minimum atomic E-state index is -0.466. The number of hydrogen-bond donors (Lipinski definition) is 1. The Morgan fingerprint density at radius 1 is 1.23 bits per heavy atom. The van der Waals surface area contributed by atoms with E-state index < -0.39 is 6.09 Å². The SMILES string of the molecule is O=C(NCCN(Cc1ccccc1)C(=O)CI)OC1C#CCCCCC1. The highest BCUT2D eigenvalue weighted by Gasteiger charge is 2.15. The zero-order valence-corrected chi connectivity index (χ0v) is 17.0. The van der Waals surface area contributed by atoms with Crippen LogP contribution >= 0.6 is 22.6 Å². The lowest BCUT2D eigenvalue weighted by molar-refractivity contribution is -0.128. The van der Waals surface area contributed by atoms with Gasteiger partial charge in [0, 0.05) is 26.1 Å². The van der Waals surface area contributed by atoms with Crippen LogP contribution < -0.4 is 5.32 Å². The molecule has 140 valence electrons. The normalized spacial score (nSPS) is 16.4. The molecule has 2 rings (SSSR count). The Hall–Kier alpha value is -1.75. The van der Waals surface area contributed by atoms with Gasteiger partial charge in [0.05, 0.1) is 4.43 Å². The van der Waals surface area contributed by atoms with Crippen molar-refractivity contribution < 1.29 is 14.3 Å². The van der Waals surface area contributed by atoms with Crippen LogP contribution in [0.25, 0.3) is 0 Å². The maximum Gasteiger partial charge on any atom is 0.408 e. The van der Waals surface area contributed by atoms with Crippen molar-refractivity contribution in [3.63, 3.8) is 0 Å². The van der Waals surface area contributed by atoms with E-state index in [9.17, 15) is 9.59 Å². The van der Waals surface area contributed by atoms with Crippen molar-refractivity contribution in [2.45, 2.75) is 44.8 Å². The number of rotatable bonds is 7. The van der Waals surface area contributed by atoms with Gasteiger partial charge in [-0.15, -0.1) is 0 Å². The second kappa shape index (κ2) is 11.8.